The molecule has 0 aromatic heterocycles. The molecule has 0 fully saturated rings. The fraction of sp³-hybridized carbons (Fsp3) is 0.400. The molecule has 0 bridgehead atoms. The van der Waals surface area contributed by atoms with Crippen molar-refractivity contribution in [3.63, 3.8) is 0 Å². The number of carboxylic acid groups (broad SMARTS) is 1. The van der Waals surface area contributed by atoms with Crippen LogP contribution in [0.1, 0.15) is 36.5 Å². The molecule has 0 saturated heterocycles. The van der Waals surface area contributed by atoms with Gasteiger partial charge < -0.3 is 10.8 Å². The fourth-order valence-corrected chi connectivity index (χ4v) is 2.07. The van der Waals surface area contributed by atoms with E-state index in [0.717, 1.165) is 4.90 Å². The van der Waals surface area contributed by atoms with Crippen molar-refractivity contribution in [2.45, 2.75) is 32.2 Å². The summed E-state index contributed by atoms with van der Waals surface area (Å²) in [5.41, 5.74) is 5.67. The zero-order valence-corrected chi connectivity index (χ0v) is 12.0. The Balaban J connectivity index is 2.99. The molecule has 0 spiro atoms. The summed E-state index contributed by atoms with van der Waals surface area (Å²) in [5, 5.41) is 9.31. The molecule has 1 rings (SSSR count). The topological polar surface area (TPSA) is 101 Å². The Bertz CT molecular complexity index is 502. The number of carbonyl (C=O) groups is 3. The fourth-order valence-electron chi connectivity index (χ4n) is 2.07. The maximum atomic E-state index is 12.4. The Morgan fingerprint density at radius 1 is 1.19 bits per heavy atom. The number of aliphatic carboxylic acids is 1. The lowest BCUT2D eigenvalue weighted by molar-refractivity contribution is -0.147. The van der Waals surface area contributed by atoms with Crippen molar-refractivity contribution < 1.29 is 19.5 Å². The molecule has 0 heterocycles. The summed E-state index contributed by atoms with van der Waals surface area (Å²) in [6.45, 7) is 1.64. The molecule has 6 nitrogen and oxygen atoms in total. The Hall–Kier alpha value is -2.21. The van der Waals surface area contributed by atoms with E-state index in [1.54, 1.807) is 30.3 Å². The summed E-state index contributed by atoms with van der Waals surface area (Å²) in [4.78, 5) is 36.3. The van der Waals surface area contributed by atoms with Crippen LogP contribution in [0.5, 0.6) is 0 Å². The maximum absolute atomic E-state index is 12.4. The van der Waals surface area contributed by atoms with Gasteiger partial charge >= 0.3 is 5.97 Å². The van der Waals surface area contributed by atoms with E-state index in [-0.39, 0.29) is 12.0 Å². The van der Waals surface area contributed by atoms with Gasteiger partial charge in [0.2, 0.25) is 5.91 Å². The average Bonchev–Trinajstić information content (AvgIpc) is 2.46. The van der Waals surface area contributed by atoms with Crippen LogP contribution in [-0.2, 0) is 9.59 Å². The van der Waals surface area contributed by atoms with E-state index >= 15 is 0 Å². The molecule has 21 heavy (non-hydrogen) atoms. The molecule has 114 valence electrons. The van der Waals surface area contributed by atoms with Gasteiger partial charge in [-0.15, -0.1) is 0 Å². The number of nitrogens with zero attached hydrogens (tertiary/aromatic N) is 1. The van der Waals surface area contributed by atoms with Gasteiger partial charge in [0, 0.05) is 12.5 Å². The Morgan fingerprint density at radius 2 is 1.81 bits per heavy atom. The smallest absolute Gasteiger partial charge is 0.326 e. The molecular formula is C15H20N2O4. The Morgan fingerprint density at radius 3 is 2.29 bits per heavy atom. The third-order valence-corrected chi connectivity index (χ3v) is 3.11. The zero-order valence-electron chi connectivity index (χ0n) is 12.0. The lowest BCUT2D eigenvalue weighted by atomic mass is 10.1. The first-order chi connectivity index (χ1) is 9.99. The minimum absolute atomic E-state index is 0.199. The molecule has 1 aromatic carbocycles. The van der Waals surface area contributed by atoms with Crippen molar-refractivity contribution in [2.75, 3.05) is 6.54 Å². The standard InChI is InChI=1S/C15H20N2O4/c1-11(18)17(13(15(20)21)9-5-6-10-16)14(19)12-7-3-2-4-8-12/h2-4,7-8,13H,5-6,9-10,16H2,1H3,(H,20,21)/t13-/m1/s1. The van der Waals surface area contributed by atoms with Crippen LogP contribution in [0.4, 0.5) is 0 Å². The zero-order chi connectivity index (χ0) is 15.8. The van der Waals surface area contributed by atoms with Gasteiger partial charge in [-0.1, -0.05) is 18.2 Å². The summed E-state index contributed by atoms with van der Waals surface area (Å²) < 4.78 is 0. The van der Waals surface area contributed by atoms with Crippen LogP contribution in [0.3, 0.4) is 0 Å². The summed E-state index contributed by atoms with van der Waals surface area (Å²) >= 11 is 0. The summed E-state index contributed by atoms with van der Waals surface area (Å²) in [6, 6.07) is 7.01. The maximum Gasteiger partial charge on any atom is 0.326 e. The number of unbranched alkanes of at least 4 members (excludes halogenated alkanes) is 1. The van der Waals surface area contributed by atoms with Crippen molar-refractivity contribution in [1.29, 1.82) is 0 Å². The lowest BCUT2D eigenvalue weighted by Gasteiger charge is -2.26. The molecule has 0 aliphatic rings. The second-order valence-corrected chi connectivity index (χ2v) is 4.70. The normalized spacial score (nSPS) is 11.7. The molecule has 6 heteroatoms. The number of hydrogen-bond acceptors (Lipinski definition) is 4. The molecule has 1 atom stereocenters. The molecule has 0 radical (unpaired) electrons. The molecule has 3 N–H and O–H groups in total. The predicted molar refractivity (Wildman–Crippen MR) is 77.6 cm³/mol. The summed E-state index contributed by atoms with van der Waals surface area (Å²) in [6.07, 6.45) is 1.39. The largest absolute Gasteiger partial charge is 0.480 e. The van der Waals surface area contributed by atoms with E-state index in [2.05, 4.69) is 0 Å². The van der Waals surface area contributed by atoms with Gasteiger partial charge in [-0.25, -0.2) is 4.79 Å². The van der Waals surface area contributed by atoms with Crippen molar-refractivity contribution in [3.05, 3.63) is 35.9 Å². The van der Waals surface area contributed by atoms with Gasteiger partial charge in [-0.05, 0) is 37.9 Å². The lowest BCUT2D eigenvalue weighted by Crippen LogP contribution is -2.47. The minimum Gasteiger partial charge on any atom is -0.480 e. The molecule has 0 aliphatic carbocycles. The van der Waals surface area contributed by atoms with Crippen LogP contribution in [-0.4, -0.2) is 40.4 Å². The molecule has 0 unspecified atom stereocenters. The Kier molecular flexibility index (Phi) is 6.55. The van der Waals surface area contributed by atoms with Gasteiger partial charge in [0.25, 0.3) is 5.91 Å². The first-order valence-electron chi connectivity index (χ1n) is 6.81. The molecule has 1 aromatic rings. The Labute approximate surface area is 123 Å². The van der Waals surface area contributed by atoms with Gasteiger partial charge in [0.05, 0.1) is 0 Å². The van der Waals surface area contributed by atoms with Gasteiger partial charge in [-0.2, -0.15) is 0 Å². The number of nitrogens with two attached hydrogens (primary N) is 1. The van der Waals surface area contributed by atoms with Crippen molar-refractivity contribution >= 4 is 17.8 Å². The quantitative estimate of drug-likeness (QED) is 0.737. The van der Waals surface area contributed by atoms with Gasteiger partial charge in [-0.3, -0.25) is 14.5 Å². The SMILES string of the molecule is CC(=O)N(C(=O)c1ccccc1)[C@H](CCCCN)C(=O)O. The van der Waals surface area contributed by atoms with Gasteiger partial charge in [0.1, 0.15) is 6.04 Å². The third kappa shape index (κ3) is 4.68. The molecular weight excluding hydrogens is 272 g/mol. The number of amides is 2. The second-order valence-electron chi connectivity index (χ2n) is 4.70. The number of rotatable bonds is 7. The monoisotopic (exact) mass is 292 g/mol. The van der Waals surface area contributed by atoms with Crippen LogP contribution in [0.15, 0.2) is 30.3 Å². The number of carbonyl (C=O) groups excluding carboxylic acids is 2. The van der Waals surface area contributed by atoms with Crippen LogP contribution in [0.2, 0.25) is 0 Å². The second kappa shape index (κ2) is 8.16. The molecule has 0 saturated carbocycles. The number of hydrogen-bond donors (Lipinski definition) is 2. The highest BCUT2D eigenvalue weighted by Crippen LogP contribution is 2.14. The highest BCUT2D eigenvalue weighted by molar-refractivity contribution is 6.06. The van der Waals surface area contributed by atoms with Crippen LogP contribution < -0.4 is 5.73 Å². The van der Waals surface area contributed by atoms with Crippen molar-refractivity contribution in [2.24, 2.45) is 5.73 Å². The predicted octanol–water partition coefficient (Wildman–Crippen LogP) is 1.26. The third-order valence-electron chi connectivity index (χ3n) is 3.11. The average molecular weight is 292 g/mol. The van der Waals surface area contributed by atoms with Crippen LogP contribution >= 0.6 is 0 Å². The minimum atomic E-state index is -1.19. The number of benzene rings is 1. The van der Waals surface area contributed by atoms with E-state index in [9.17, 15) is 19.5 Å². The number of imide groups is 1. The van der Waals surface area contributed by atoms with Crippen molar-refractivity contribution in [3.8, 4) is 0 Å². The van der Waals surface area contributed by atoms with Gasteiger partial charge in [0.15, 0.2) is 0 Å². The first-order valence-corrected chi connectivity index (χ1v) is 6.81. The number of carboxylic acids is 1. The van der Waals surface area contributed by atoms with E-state index < -0.39 is 23.8 Å². The first kappa shape index (κ1) is 16.8. The highest BCUT2D eigenvalue weighted by atomic mass is 16.4. The van der Waals surface area contributed by atoms with Crippen LogP contribution in [0, 0.1) is 0 Å². The van der Waals surface area contributed by atoms with E-state index in [1.807, 2.05) is 0 Å². The van der Waals surface area contributed by atoms with Crippen molar-refractivity contribution in [1.82, 2.24) is 4.90 Å². The summed E-state index contributed by atoms with van der Waals surface area (Å²) in [5.74, 6) is -2.36. The highest BCUT2D eigenvalue weighted by Gasteiger charge is 2.32. The summed E-state index contributed by atoms with van der Waals surface area (Å²) in [7, 11) is 0. The molecule has 0 aliphatic heterocycles. The van der Waals surface area contributed by atoms with Crippen LogP contribution in [0.25, 0.3) is 0 Å². The van der Waals surface area contributed by atoms with E-state index in [4.69, 9.17) is 5.73 Å². The van der Waals surface area contributed by atoms with E-state index in [1.165, 1.54) is 6.92 Å². The molecule has 2 amide bonds. The van der Waals surface area contributed by atoms with E-state index in [0.29, 0.717) is 19.4 Å².